The monoisotopic (exact) mass is 308 g/mol. The Morgan fingerprint density at radius 2 is 2.11 bits per heavy atom. The van der Waals surface area contributed by atoms with Gasteiger partial charge in [0.25, 0.3) is 5.69 Å². The van der Waals surface area contributed by atoms with E-state index in [2.05, 4.69) is 0 Å². The molecule has 0 radical (unpaired) electrons. The van der Waals surface area contributed by atoms with E-state index in [9.17, 15) is 15.2 Å². The third-order valence-corrected chi connectivity index (χ3v) is 3.38. The molecule has 1 unspecified atom stereocenters. The molecule has 0 aliphatic heterocycles. The van der Waals surface area contributed by atoms with Crippen molar-refractivity contribution in [2.24, 2.45) is 11.7 Å². The highest BCUT2D eigenvalue weighted by atomic mass is 35.5. The lowest BCUT2D eigenvalue weighted by molar-refractivity contribution is -0.385. The Bertz CT molecular complexity index is 443. The molecular weight excluding hydrogens is 291 g/mol. The molecule has 5 nitrogen and oxygen atoms in total. The summed E-state index contributed by atoms with van der Waals surface area (Å²) in [6.45, 7) is 3.77. The summed E-state index contributed by atoms with van der Waals surface area (Å²) in [5.74, 6) is -0.0430. The zero-order valence-corrected chi connectivity index (χ0v) is 12.3. The van der Waals surface area contributed by atoms with Crippen LogP contribution in [-0.2, 0) is 0 Å². The second-order valence-corrected chi connectivity index (χ2v) is 4.80. The maximum Gasteiger partial charge on any atom is 0.274 e. The SMILES string of the molecule is CCC(C)[C@H](O)[C@H](N)c1cc(Cl)ccc1[N+](=O)[O-].Cl. The highest BCUT2D eigenvalue weighted by molar-refractivity contribution is 6.30. The van der Waals surface area contributed by atoms with Crippen molar-refractivity contribution in [3.05, 3.63) is 38.9 Å². The normalized spacial score (nSPS) is 15.2. The van der Waals surface area contributed by atoms with Gasteiger partial charge in [-0.3, -0.25) is 10.1 Å². The number of rotatable bonds is 5. The number of aliphatic hydroxyl groups excluding tert-OH is 1. The van der Waals surface area contributed by atoms with Crippen molar-refractivity contribution in [1.29, 1.82) is 0 Å². The number of nitro benzene ring substituents is 1. The molecular formula is C12H18Cl2N2O3. The van der Waals surface area contributed by atoms with Crippen molar-refractivity contribution in [3.8, 4) is 0 Å². The molecule has 1 aromatic carbocycles. The van der Waals surface area contributed by atoms with Crippen molar-refractivity contribution < 1.29 is 10.0 Å². The van der Waals surface area contributed by atoms with E-state index in [1.165, 1.54) is 18.2 Å². The van der Waals surface area contributed by atoms with Gasteiger partial charge < -0.3 is 10.8 Å². The first-order valence-electron chi connectivity index (χ1n) is 5.76. The van der Waals surface area contributed by atoms with Gasteiger partial charge in [-0.2, -0.15) is 0 Å². The minimum Gasteiger partial charge on any atom is -0.391 e. The van der Waals surface area contributed by atoms with Crippen LogP contribution in [0, 0.1) is 16.0 Å². The smallest absolute Gasteiger partial charge is 0.274 e. The van der Waals surface area contributed by atoms with Gasteiger partial charge in [0.05, 0.1) is 22.6 Å². The minimum absolute atomic E-state index is 0. The molecule has 0 aromatic heterocycles. The van der Waals surface area contributed by atoms with Gasteiger partial charge >= 0.3 is 0 Å². The van der Waals surface area contributed by atoms with Crippen molar-refractivity contribution in [3.63, 3.8) is 0 Å². The molecule has 1 rings (SSSR count). The maximum atomic E-state index is 10.9. The second kappa shape index (κ2) is 7.65. The van der Waals surface area contributed by atoms with Gasteiger partial charge in [0, 0.05) is 11.1 Å². The molecule has 0 spiro atoms. The molecule has 0 bridgehead atoms. The van der Waals surface area contributed by atoms with E-state index in [1.54, 1.807) is 0 Å². The molecule has 0 saturated heterocycles. The predicted octanol–water partition coefficient (Wildman–Crippen LogP) is 3.08. The fraction of sp³-hybridized carbons (Fsp3) is 0.500. The first-order valence-corrected chi connectivity index (χ1v) is 6.13. The summed E-state index contributed by atoms with van der Waals surface area (Å²) in [4.78, 5) is 10.4. The Kier molecular flexibility index (Phi) is 7.29. The minimum atomic E-state index is -0.841. The first kappa shape index (κ1) is 18.1. The zero-order chi connectivity index (χ0) is 13.9. The van der Waals surface area contributed by atoms with Crippen molar-refractivity contribution in [2.45, 2.75) is 32.4 Å². The summed E-state index contributed by atoms with van der Waals surface area (Å²) in [6, 6.07) is 3.36. The fourth-order valence-corrected chi connectivity index (χ4v) is 1.92. The summed E-state index contributed by atoms with van der Waals surface area (Å²) in [5.41, 5.74) is 6.06. The average molecular weight is 309 g/mol. The van der Waals surface area contributed by atoms with Crippen LogP contribution in [-0.4, -0.2) is 16.1 Å². The van der Waals surface area contributed by atoms with Crippen molar-refractivity contribution >= 4 is 29.7 Å². The van der Waals surface area contributed by atoms with Gasteiger partial charge in [-0.25, -0.2) is 0 Å². The summed E-state index contributed by atoms with van der Waals surface area (Å²) in [7, 11) is 0. The highest BCUT2D eigenvalue weighted by Crippen LogP contribution is 2.31. The van der Waals surface area contributed by atoms with E-state index >= 15 is 0 Å². The molecule has 7 heteroatoms. The van der Waals surface area contributed by atoms with Crippen LogP contribution in [0.2, 0.25) is 5.02 Å². The van der Waals surface area contributed by atoms with Crippen LogP contribution in [0.5, 0.6) is 0 Å². The molecule has 108 valence electrons. The van der Waals surface area contributed by atoms with E-state index in [4.69, 9.17) is 17.3 Å². The number of nitrogens with zero attached hydrogens (tertiary/aromatic N) is 1. The van der Waals surface area contributed by atoms with E-state index in [0.717, 1.165) is 6.42 Å². The molecule has 0 aliphatic rings. The maximum absolute atomic E-state index is 10.9. The number of nitrogens with two attached hydrogens (primary N) is 1. The zero-order valence-electron chi connectivity index (χ0n) is 10.7. The Hall–Kier alpha value is -0.880. The molecule has 1 aromatic rings. The van der Waals surface area contributed by atoms with E-state index in [1.807, 2.05) is 13.8 Å². The number of hydrogen-bond acceptors (Lipinski definition) is 4. The predicted molar refractivity (Wildman–Crippen MR) is 77.7 cm³/mol. The van der Waals surface area contributed by atoms with Crippen LogP contribution in [0.1, 0.15) is 31.9 Å². The lowest BCUT2D eigenvalue weighted by atomic mass is 9.91. The Labute approximate surface area is 123 Å². The van der Waals surface area contributed by atoms with Crippen LogP contribution in [0.25, 0.3) is 0 Å². The van der Waals surface area contributed by atoms with Crippen LogP contribution in [0.15, 0.2) is 18.2 Å². The molecule has 0 aliphatic carbocycles. The van der Waals surface area contributed by atoms with Crippen LogP contribution >= 0.6 is 24.0 Å². The summed E-state index contributed by atoms with van der Waals surface area (Å²) >= 11 is 5.82. The van der Waals surface area contributed by atoms with Crippen LogP contribution in [0.4, 0.5) is 5.69 Å². The number of nitro groups is 1. The summed E-state index contributed by atoms with van der Waals surface area (Å²) in [6.07, 6.45) is -0.101. The van der Waals surface area contributed by atoms with Gasteiger partial charge in [-0.15, -0.1) is 12.4 Å². The van der Waals surface area contributed by atoms with Gasteiger partial charge in [0.2, 0.25) is 0 Å². The molecule has 3 atom stereocenters. The third kappa shape index (κ3) is 4.31. The van der Waals surface area contributed by atoms with Gasteiger partial charge in [0.1, 0.15) is 0 Å². The quantitative estimate of drug-likeness (QED) is 0.646. The topological polar surface area (TPSA) is 89.4 Å². The second-order valence-electron chi connectivity index (χ2n) is 4.36. The van der Waals surface area contributed by atoms with Crippen molar-refractivity contribution in [2.75, 3.05) is 0 Å². The molecule has 3 N–H and O–H groups in total. The summed E-state index contributed by atoms with van der Waals surface area (Å²) < 4.78 is 0. The lowest BCUT2D eigenvalue weighted by Gasteiger charge is -2.24. The molecule has 0 heterocycles. The van der Waals surface area contributed by atoms with E-state index in [0.29, 0.717) is 5.02 Å². The first-order chi connectivity index (χ1) is 8.38. The van der Waals surface area contributed by atoms with E-state index in [-0.39, 0.29) is 29.6 Å². The number of hydrogen-bond donors (Lipinski definition) is 2. The fourth-order valence-electron chi connectivity index (χ4n) is 1.74. The molecule has 19 heavy (non-hydrogen) atoms. The number of aliphatic hydroxyl groups is 1. The van der Waals surface area contributed by atoms with Gasteiger partial charge in [-0.05, 0) is 18.1 Å². The van der Waals surface area contributed by atoms with Crippen LogP contribution in [0.3, 0.4) is 0 Å². The standard InChI is InChI=1S/C12H17ClN2O3.ClH/c1-3-7(2)12(16)11(14)9-6-8(13)4-5-10(9)15(17)18;/h4-7,11-12,16H,3,14H2,1-2H3;1H/t7?,11-,12+;/m1./s1. The van der Waals surface area contributed by atoms with Gasteiger partial charge in [0.15, 0.2) is 0 Å². The van der Waals surface area contributed by atoms with Gasteiger partial charge in [-0.1, -0.05) is 31.9 Å². The van der Waals surface area contributed by atoms with Crippen molar-refractivity contribution in [1.82, 2.24) is 0 Å². The number of benzene rings is 1. The largest absolute Gasteiger partial charge is 0.391 e. The van der Waals surface area contributed by atoms with Crippen LogP contribution < -0.4 is 5.73 Å². The molecule has 0 saturated carbocycles. The Balaban J connectivity index is 0.00000324. The van der Waals surface area contributed by atoms with E-state index < -0.39 is 17.1 Å². The highest BCUT2D eigenvalue weighted by Gasteiger charge is 2.28. The summed E-state index contributed by atoms with van der Waals surface area (Å²) in [5, 5.41) is 21.3. The number of halogens is 2. The Morgan fingerprint density at radius 1 is 1.53 bits per heavy atom. The Morgan fingerprint density at radius 3 is 2.58 bits per heavy atom. The molecule has 0 fully saturated rings. The molecule has 0 amide bonds. The average Bonchev–Trinajstić information content (AvgIpc) is 2.35. The third-order valence-electron chi connectivity index (χ3n) is 3.14. The lowest BCUT2D eigenvalue weighted by Crippen LogP contribution is -2.32.